The Morgan fingerprint density at radius 2 is 1.90 bits per heavy atom. The lowest BCUT2D eigenvalue weighted by atomic mass is 10.2. The van der Waals surface area contributed by atoms with Gasteiger partial charge in [-0.1, -0.05) is 11.6 Å². The minimum Gasteiger partial charge on any atom is -0.382 e. The number of pyridine rings is 1. The minimum absolute atomic E-state index is 0.0384. The quantitative estimate of drug-likeness (QED) is 0.651. The molecule has 1 aromatic heterocycles. The van der Waals surface area contributed by atoms with Crippen molar-refractivity contribution in [1.82, 2.24) is 9.88 Å². The maximum absolute atomic E-state index is 13.3. The highest BCUT2D eigenvalue weighted by atomic mass is 35.5. The summed E-state index contributed by atoms with van der Waals surface area (Å²) in [5.74, 6) is -1.45. The largest absolute Gasteiger partial charge is 0.420 e. The van der Waals surface area contributed by atoms with Gasteiger partial charge < -0.3 is 20.7 Å². The zero-order valence-corrected chi connectivity index (χ0v) is 15.8. The normalized spacial score (nSPS) is 13.1. The number of rotatable bonds is 3. The standard InChI is InChI=1S/C18H17ClFN5O4/c19-12-9-10(3-4-13(12)20)23-16(26)11-5-6-22-15(21)14(11)24-17(27)29-18(28)25-7-1-2-8-25/h3-6,9H,1-2,7-8H2,(H2,21,22)(H,23,26)(H,24,27). The van der Waals surface area contributed by atoms with Crippen LogP contribution in [0.5, 0.6) is 0 Å². The fraction of sp³-hybridized carbons (Fsp3) is 0.222. The van der Waals surface area contributed by atoms with Gasteiger partial charge >= 0.3 is 12.2 Å². The van der Waals surface area contributed by atoms with Crippen molar-refractivity contribution in [3.63, 3.8) is 0 Å². The molecule has 0 unspecified atom stereocenters. The number of anilines is 3. The fourth-order valence-electron chi connectivity index (χ4n) is 2.74. The summed E-state index contributed by atoms with van der Waals surface area (Å²) in [6.45, 7) is 1.02. The highest BCUT2D eigenvalue weighted by molar-refractivity contribution is 6.31. The van der Waals surface area contributed by atoms with Gasteiger partial charge in [-0.05, 0) is 37.1 Å². The van der Waals surface area contributed by atoms with Gasteiger partial charge in [0.05, 0.1) is 16.3 Å². The van der Waals surface area contributed by atoms with Crippen LogP contribution >= 0.6 is 11.6 Å². The van der Waals surface area contributed by atoms with Crippen molar-refractivity contribution < 1.29 is 23.5 Å². The fourth-order valence-corrected chi connectivity index (χ4v) is 2.92. The van der Waals surface area contributed by atoms with Crippen LogP contribution in [0.15, 0.2) is 30.5 Å². The number of ether oxygens (including phenoxy) is 1. The van der Waals surface area contributed by atoms with E-state index in [0.717, 1.165) is 18.9 Å². The highest BCUT2D eigenvalue weighted by Gasteiger charge is 2.24. The summed E-state index contributed by atoms with van der Waals surface area (Å²) >= 11 is 5.71. The molecule has 4 N–H and O–H groups in total. The van der Waals surface area contributed by atoms with Gasteiger partial charge in [0, 0.05) is 25.0 Å². The number of hydrogen-bond donors (Lipinski definition) is 3. The topological polar surface area (TPSA) is 127 Å². The number of nitrogens with one attached hydrogen (secondary N) is 2. The van der Waals surface area contributed by atoms with E-state index in [-0.39, 0.29) is 27.8 Å². The number of likely N-dealkylation sites (tertiary alicyclic amines) is 1. The Morgan fingerprint density at radius 3 is 2.59 bits per heavy atom. The first-order valence-corrected chi connectivity index (χ1v) is 9.01. The summed E-state index contributed by atoms with van der Waals surface area (Å²) in [6, 6.07) is 4.96. The predicted molar refractivity (Wildman–Crippen MR) is 104 cm³/mol. The van der Waals surface area contributed by atoms with Crippen LogP contribution < -0.4 is 16.4 Å². The molecule has 3 rings (SSSR count). The van der Waals surface area contributed by atoms with Crippen LogP contribution in [0.1, 0.15) is 23.2 Å². The molecule has 1 saturated heterocycles. The van der Waals surface area contributed by atoms with E-state index >= 15 is 0 Å². The zero-order valence-electron chi connectivity index (χ0n) is 15.1. The summed E-state index contributed by atoms with van der Waals surface area (Å²) in [6.07, 6.45) is 1.07. The third-order valence-electron chi connectivity index (χ3n) is 4.17. The van der Waals surface area contributed by atoms with Gasteiger partial charge in [-0.3, -0.25) is 10.1 Å². The lowest BCUT2D eigenvalue weighted by Crippen LogP contribution is -2.32. The molecule has 9 nitrogen and oxygen atoms in total. The first-order chi connectivity index (χ1) is 13.8. The average Bonchev–Trinajstić information content (AvgIpc) is 3.21. The second-order valence-corrected chi connectivity index (χ2v) is 6.58. The van der Waals surface area contributed by atoms with Crippen LogP contribution in [0.3, 0.4) is 0 Å². The third-order valence-corrected chi connectivity index (χ3v) is 4.46. The van der Waals surface area contributed by atoms with Crippen molar-refractivity contribution in [3.8, 4) is 0 Å². The Balaban J connectivity index is 1.73. The highest BCUT2D eigenvalue weighted by Crippen LogP contribution is 2.24. The van der Waals surface area contributed by atoms with Crippen molar-refractivity contribution in [2.45, 2.75) is 12.8 Å². The summed E-state index contributed by atoms with van der Waals surface area (Å²) in [7, 11) is 0. The molecule has 1 aromatic carbocycles. The summed E-state index contributed by atoms with van der Waals surface area (Å²) in [4.78, 5) is 41.8. The van der Waals surface area contributed by atoms with E-state index in [2.05, 4.69) is 15.6 Å². The van der Waals surface area contributed by atoms with Crippen molar-refractivity contribution in [2.24, 2.45) is 0 Å². The number of nitrogens with two attached hydrogens (primary N) is 1. The van der Waals surface area contributed by atoms with Gasteiger partial charge in [-0.25, -0.2) is 19.0 Å². The summed E-state index contributed by atoms with van der Waals surface area (Å²) < 4.78 is 18.0. The van der Waals surface area contributed by atoms with Gasteiger partial charge in [0.2, 0.25) is 0 Å². The number of benzene rings is 1. The first kappa shape index (κ1) is 20.3. The van der Waals surface area contributed by atoms with E-state index in [1.807, 2.05) is 0 Å². The van der Waals surface area contributed by atoms with Crippen LogP contribution in [0, 0.1) is 5.82 Å². The van der Waals surface area contributed by atoms with Crippen molar-refractivity contribution in [2.75, 3.05) is 29.5 Å². The van der Waals surface area contributed by atoms with Gasteiger partial charge in [0.25, 0.3) is 5.91 Å². The Morgan fingerprint density at radius 1 is 1.17 bits per heavy atom. The third kappa shape index (κ3) is 4.91. The maximum atomic E-state index is 13.3. The lowest BCUT2D eigenvalue weighted by Gasteiger charge is -2.16. The molecule has 0 aliphatic carbocycles. The molecule has 0 bridgehead atoms. The summed E-state index contributed by atoms with van der Waals surface area (Å²) in [5.41, 5.74) is 5.84. The van der Waals surface area contributed by atoms with Crippen LogP contribution in [-0.2, 0) is 4.74 Å². The zero-order chi connectivity index (χ0) is 21.0. The molecule has 3 amide bonds. The van der Waals surface area contributed by atoms with E-state index in [1.54, 1.807) is 0 Å². The van der Waals surface area contributed by atoms with Crippen molar-refractivity contribution in [3.05, 3.63) is 46.9 Å². The molecule has 0 atom stereocenters. The molecule has 11 heteroatoms. The molecule has 1 aliphatic heterocycles. The number of amides is 3. The number of carbonyl (C=O) groups is 3. The predicted octanol–water partition coefficient (Wildman–Crippen LogP) is 3.47. The number of hydrogen-bond acceptors (Lipinski definition) is 6. The van der Waals surface area contributed by atoms with Crippen LogP contribution in [0.2, 0.25) is 5.02 Å². The van der Waals surface area contributed by atoms with Crippen molar-refractivity contribution in [1.29, 1.82) is 0 Å². The molecule has 0 saturated carbocycles. The number of nitrogen functional groups attached to an aromatic ring is 1. The number of aromatic nitrogens is 1. The van der Waals surface area contributed by atoms with Crippen LogP contribution in [0.25, 0.3) is 0 Å². The monoisotopic (exact) mass is 421 g/mol. The Hall–Kier alpha value is -3.40. The lowest BCUT2D eigenvalue weighted by molar-refractivity contribution is 0.102. The summed E-state index contributed by atoms with van der Waals surface area (Å²) in [5, 5.41) is 4.62. The number of halogens is 2. The van der Waals surface area contributed by atoms with Gasteiger partial charge in [-0.2, -0.15) is 0 Å². The molecule has 2 heterocycles. The van der Waals surface area contributed by atoms with E-state index < -0.39 is 23.9 Å². The van der Waals surface area contributed by atoms with E-state index in [1.165, 1.54) is 29.3 Å². The molecule has 2 aromatic rings. The van der Waals surface area contributed by atoms with E-state index in [0.29, 0.717) is 13.1 Å². The molecule has 0 radical (unpaired) electrons. The Labute approximate surface area is 170 Å². The second kappa shape index (κ2) is 8.74. The second-order valence-electron chi connectivity index (χ2n) is 6.18. The SMILES string of the molecule is Nc1nccc(C(=O)Nc2ccc(F)c(Cl)c2)c1NC(=O)OC(=O)N1CCCC1. The molecule has 1 fully saturated rings. The minimum atomic E-state index is -1.10. The Bertz CT molecular complexity index is 965. The van der Waals surface area contributed by atoms with Gasteiger partial charge in [-0.15, -0.1) is 0 Å². The van der Waals surface area contributed by atoms with Crippen LogP contribution in [0.4, 0.5) is 31.2 Å². The smallest absolute Gasteiger partial charge is 0.382 e. The first-order valence-electron chi connectivity index (χ1n) is 8.64. The number of nitrogens with zero attached hydrogens (tertiary/aromatic N) is 2. The van der Waals surface area contributed by atoms with Gasteiger partial charge in [0.15, 0.2) is 0 Å². The molecular formula is C18H17ClFN5O4. The number of carbonyl (C=O) groups excluding carboxylic acids is 3. The Kier molecular flexibility index (Phi) is 6.13. The molecule has 1 aliphatic rings. The maximum Gasteiger partial charge on any atom is 0.420 e. The van der Waals surface area contributed by atoms with Crippen molar-refractivity contribution >= 4 is 46.9 Å². The average molecular weight is 422 g/mol. The van der Waals surface area contributed by atoms with E-state index in [4.69, 9.17) is 22.1 Å². The van der Waals surface area contributed by atoms with Gasteiger partial charge in [0.1, 0.15) is 11.6 Å². The van der Waals surface area contributed by atoms with Crippen LogP contribution in [-0.4, -0.2) is 41.1 Å². The molecule has 152 valence electrons. The molecule has 0 spiro atoms. The van der Waals surface area contributed by atoms with E-state index in [9.17, 15) is 18.8 Å². The molecular weight excluding hydrogens is 405 g/mol. The molecule has 29 heavy (non-hydrogen) atoms.